The quantitative estimate of drug-likeness (QED) is 0.752. The van der Waals surface area contributed by atoms with Gasteiger partial charge in [-0.2, -0.15) is 0 Å². The summed E-state index contributed by atoms with van der Waals surface area (Å²) in [6.45, 7) is 1.41. The number of anilines is 1. The number of carbonyl (C=O) groups excluding carboxylic acids is 1. The summed E-state index contributed by atoms with van der Waals surface area (Å²) in [5, 5.41) is 14.2. The van der Waals surface area contributed by atoms with Crippen LogP contribution in [-0.4, -0.2) is 54.8 Å². The Morgan fingerprint density at radius 1 is 1.48 bits per heavy atom. The zero-order valence-electron chi connectivity index (χ0n) is 11.8. The lowest BCUT2D eigenvalue weighted by Gasteiger charge is -2.14. The Bertz CT molecular complexity index is 521. The number of hydrogen-bond donors (Lipinski definition) is 3. The molecule has 1 heterocycles. The molecule has 2 amide bonds. The monoisotopic (exact) mass is 293 g/mol. The summed E-state index contributed by atoms with van der Waals surface area (Å²) in [5.74, 6) is -0.646. The topological polar surface area (TPSA) is 90.9 Å². The molecule has 0 aromatic heterocycles. The number of urea groups is 1. The molecule has 1 aliphatic rings. The third-order valence-corrected chi connectivity index (χ3v) is 3.18. The van der Waals surface area contributed by atoms with Crippen LogP contribution in [0.4, 0.5) is 10.5 Å². The fourth-order valence-corrected chi connectivity index (χ4v) is 2.21. The summed E-state index contributed by atoms with van der Waals surface area (Å²) in [7, 11) is 2.02. The summed E-state index contributed by atoms with van der Waals surface area (Å²) < 4.78 is 5.06. The van der Waals surface area contributed by atoms with Gasteiger partial charge in [-0.05, 0) is 32.1 Å². The lowest BCUT2D eigenvalue weighted by Crippen LogP contribution is -2.39. The average Bonchev–Trinajstić information content (AvgIpc) is 2.82. The first-order valence-corrected chi connectivity index (χ1v) is 6.73. The van der Waals surface area contributed by atoms with Gasteiger partial charge in [0.05, 0.1) is 0 Å². The maximum absolute atomic E-state index is 11.9. The van der Waals surface area contributed by atoms with Crippen molar-refractivity contribution in [1.29, 1.82) is 0 Å². The van der Waals surface area contributed by atoms with Crippen molar-refractivity contribution in [2.24, 2.45) is 0 Å². The Hall–Kier alpha value is -2.28. The minimum atomic E-state index is -1.04. The number of carboxylic acid groups (broad SMARTS) is 1. The minimum Gasteiger partial charge on any atom is -0.482 e. The predicted octanol–water partition coefficient (Wildman–Crippen LogP) is 0.976. The molecule has 7 heteroatoms. The van der Waals surface area contributed by atoms with Crippen LogP contribution in [0, 0.1) is 0 Å². The minimum absolute atomic E-state index is 0.154. The van der Waals surface area contributed by atoms with Crippen LogP contribution in [0.25, 0.3) is 0 Å². The summed E-state index contributed by atoms with van der Waals surface area (Å²) in [4.78, 5) is 24.5. The van der Waals surface area contributed by atoms with Gasteiger partial charge >= 0.3 is 12.0 Å². The molecule has 0 aliphatic carbocycles. The highest BCUT2D eigenvalue weighted by Gasteiger charge is 2.20. The standard InChI is InChI=1S/C14H19N3O4/c1-17-6-5-11(8-17)16-14(20)15-10-3-2-4-12(7-10)21-9-13(18)19/h2-4,7,11H,5-6,8-9H2,1H3,(H,18,19)(H2,15,16,20). The number of likely N-dealkylation sites (N-methyl/N-ethyl adjacent to an activating group) is 1. The van der Waals surface area contributed by atoms with Crippen molar-refractivity contribution in [3.63, 3.8) is 0 Å². The van der Waals surface area contributed by atoms with E-state index in [4.69, 9.17) is 9.84 Å². The molecule has 1 aromatic carbocycles. The van der Waals surface area contributed by atoms with Crippen molar-refractivity contribution in [3.8, 4) is 5.75 Å². The number of carbonyl (C=O) groups is 2. The van der Waals surface area contributed by atoms with Gasteiger partial charge in [-0.25, -0.2) is 9.59 Å². The second-order valence-electron chi connectivity index (χ2n) is 5.06. The molecular formula is C14H19N3O4. The van der Waals surface area contributed by atoms with Gasteiger partial charge in [-0.3, -0.25) is 0 Å². The molecule has 1 fully saturated rings. The van der Waals surface area contributed by atoms with Crippen LogP contribution >= 0.6 is 0 Å². The third kappa shape index (κ3) is 4.96. The van der Waals surface area contributed by atoms with Gasteiger partial charge in [-0.15, -0.1) is 0 Å². The SMILES string of the molecule is CN1CCC(NC(=O)Nc2cccc(OCC(=O)O)c2)C1. The third-order valence-electron chi connectivity index (χ3n) is 3.18. The molecule has 2 rings (SSSR count). The van der Waals surface area contributed by atoms with E-state index < -0.39 is 12.6 Å². The molecule has 0 spiro atoms. The second-order valence-corrected chi connectivity index (χ2v) is 5.06. The number of nitrogens with one attached hydrogen (secondary N) is 2. The van der Waals surface area contributed by atoms with Gasteiger partial charge in [0.15, 0.2) is 6.61 Å². The number of carboxylic acids is 1. The van der Waals surface area contributed by atoms with E-state index in [1.165, 1.54) is 0 Å². The van der Waals surface area contributed by atoms with Gasteiger partial charge in [-0.1, -0.05) is 6.07 Å². The smallest absolute Gasteiger partial charge is 0.341 e. The molecule has 0 radical (unpaired) electrons. The fraction of sp³-hybridized carbons (Fsp3) is 0.429. The van der Waals surface area contributed by atoms with Crippen molar-refractivity contribution < 1.29 is 19.4 Å². The molecule has 1 aliphatic heterocycles. The number of aliphatic carboxylic acids is 1. The summed E-state index contributed by atoms with van der Waals surface area (Å²) in [5.41, 5.74) is 0.557. The van der Waals surface area contributed by atoms with E-state index in [0.29, 0.717) is 11.4 Å². The van der Waals surface area contributed by atoms with Gasteiger partial charge in [0.2, 0.25) is 0 Å². The molecule has 3 N–H and O–H groups in total. The first-order chi connectivity index (χ1) is 10.0. The van der Waals surface area contributed by atoms with E-state index in [1.54, 1.807) is 24.3 Å². The lowest BCUT2D eigenvalue weighted by atomic mass is 10.2. The Balaban J connectivity index is 1.85. The first-order valence-electron chi connectivity index (χ1n) is 6.73. The zero-order valence-corrected chi connectivity index (χ0v) is 11.8. The fourth-order valence-electron chi connectivity index (χ4n) is 2.21. The van der Waals surface area contributed by atoms with E-state index in [0.717, 1.165) is 19.5 Å². The Kier molecular flexibility index (Phi) is 4.99. The molecule has 21 heavy (non-hydrogen) atoms. The van der Waals surface area contributed by atoms with Crippen molar-refractivity contribution >= 4 is 17.7 Å². The molecule has 1 unspecified atom stereocenters. The van der Waals surface area contributed by atoms with Crippen molar-refractivity contribution in [3.05, 3.63) is 24.3 Å². The Morgan fingerprint density at radius 3 is 2.95 bits per heavy atom. The van der Waals surface area contributed by atoms with Crippen LogP contribution in [-0.2, 0) is 4.79 Å². The van der Waals surface area contributed by atoms with Crippen LogP contribution in [0.5, 0.6) is 5.75 Å². The number of likely N-dealkylation sites (tertiary alicyclic amines) is 1. The maximum Gasteiger partial charge on any atom is 0.341 e. The van der Waals surface area contributed by atoms with Crippen LogP contribution < -0.4 is 15.4 Å². The Morgan fingerprint density at radius 2 is 2.29 bits per heavy atom. The van der Waals surface area contributed by atoms with E-state index in [2.05, 4.69) is 15.5 Å². The second kappa shape index (κ2) is 6.94. The number of benzene rings is 1. The Labute approximate surface area is 122 Å². The van der Waals surface area contributed by atoms with Crippen LogP contribution in [0.2, 0.25) is 0 Å². The lowest BCUT2D eigenvalue weighted by molar-refractivity contribution is -0.139. The largest absolute Gasteiger partial charge is 0.482 e. The average molecular weight is 293 g/mol. The van der Waals surface area contributed by atoms with E-state index in [1.807, 2.05) is 7.05 Å². The van der Waals surface area contributed by atoms with Crippen molar-refractivity contribution in [2.45, 2.75) is 12.5 Å². The predicted molar refractivity (Wildman–Crippen MR) is 77.6 cm³/mol. The highest BCUT2D eigenvalue weighted by Crippen LogP contribution is 2.17. The number of amides is 2. The molecule has 0 saturated carbocycles. The van der Waals surface area contributed by atoms with Crippen LogP contribution in [0.3, 0.4) is 0 Å². The molecule has 0 bridgehead atoms. The van der Waals surface area contributed by atoms with E-state index in [-0.39, 0.29) is 12.1 Å². The molecule has 1 saturated heterocycles. The number of nitrogens with zero attached hydrogens (tertiary/aromatic N) is 1. The first kappa shape index (κ1) is 15.1. The van der Waals surface area contributed by atoms with Crippen LogP contribution in [0.15, 0.2) is 24.3 Å². The number of ether oxygens (including phenoxy) is 1. The maximum atomic E-state index is 11.9. The molecule has 114 valence electrons. The van der Waals surface area contributed by atoms with E-state index >= 15 is 0 Å². The molecule has 7 nitrogen and oxygen atoms in total. The van der Waals surface area contributed by atoms with Crippen molar-refractivity contribution in [1.82, 2.24) is 10.2 Å². The van der Waals surface area contributed by atoms with Crippen LogP contribution in [0.1, 0.15) is 6.42 Å². The summed E-state index contributed by atoms with van der Waals surface area (Å²) >= 11 is 0. The number of rotatable bonds is 5. The molecular weight excluding hydrogens is 274 g/mol. The highest BCUT2D eigenvalue weighted by molar-refractivity contribution is 5.89. The molecule has 1 aromatic rings. The van der Waals surface area contributed by atoms with Gasteiger partial charge in [0.25, 0.3) is 0 Å². The normalized spacial score (nSPS) is 18.2. The highest BCUT2D eigenvalue weighted by atomic mass is 16.5. The van der Waals surface area contributed by atoms with E-state index in [9.17, 15) is 9.59 Å². The van der Waals surface area contributed by atoms with Gasteiger partial charge in [0.1, 0.15) is 5.75 Å². The van der Waals surface area contributed by atoms with Crippen molar-refractivity contribution in [2.75, 3.05) is 32.1 Å². The number of hydrogen-bond acceptors (Lipinski definition) is 4. The summed E-state index contributed by atoms with van der Waals surface area (Å²) in [6.07, 6.45) is 0.936. The molecule has 1 atom stereocenters. The summed E-state index contributed by atoms with van der Waals surface area (Å²) in [6, 6.07) is 6.51. The zero-order chi connectivity index (χ0) is 15.2. The van der Waals surface area contributed by atoms with Gasteiger partial charge < -0.3 is 25.4 Å². The van der Waals surface area contributed by atoms with Gasteiger partial charge in [0, 0.05) is 24.3 Å².